The quantitative estimate of drug-likeness (QED) is 0.139. The van der Waals surface area contributed by atoms with E-state index in [1.54, 1.807) is 0 Å². The number of imidazole rings is 1. The molecule has 6 rings (SSSR count). The summed E-state index contributed by atoms with van der Waals surface area (Å²) in [6.07, 6.45) is 1.64. The van der Waals surface area contributed by atoms with Gasteiger partial charge in [0.1, 0.15) is 24.5 Å². The van der Waals surface area contributed by atoms with Crippen molar-refractivity contribution >= 4 is 45.2 Å². The third-order valence-electron chi connectivity index (χ3n) is 11.0. The van der Waals surface area contributed by atoms with E-state index in [9.17, 15) is 4.79 Å². The summed E-state index contributed by atoms with van der Waals surface area (Å²) in [5.41, 5.74) is 4.06. The zero-order valence-electron chi connectivity index (χ0n) is 31.3. The molecule has 3 aliphatic rings. The second-order valence-corrected chi connectivity index (χ2v) is 27.9. The molecular formula is C37H55ClN4O7Si2. The molecule has 1 saturated carbocycles. The van der Waals surface area contributed by atoms with Gasteiger partial charge < -0.3 is 33.8 Å². The summed E-state index contributed by atoms with van der Waals surface area (Å²) in [5, 5.41) is 12.3. The molecule has 1 amide bonds. The number of carboxylic acid groups (broad SMARTS) is 1. The van der Waals surface area contributed by atoms with E-state index in [0.29, 0.717) is 53.6 Å². The van der Waals surface area contributed by atoms with Crippen molar-refractivity contribution in [2.45, 2.75) is 133 Å². The Morgan fingerprint density at radius 2 is 1.65 bits per heavy atom. The highest BCUT2D eigenvalue weighted by molar-refractivity contribution is 6.76. The number of pyridine rings is 1. The number of hydrogen-bond donors (Lipinski definition) is 2. The molecule has 2 aliphatic heterocycles. The van der Waals surface area contributed by atoms with E-state index in [2.05, 4.69) is 83.1 Å². The number of carbonyl (C=O) groups is 1. The highest BCUT2D eigenvalue weighted by Gasteiger charge is 2.52. The lowest BCUT2D eigenvalue weighted by Gasteiger charge is -2.39. The largest absolute Gasteiger partial charge is 0.465 e. The molecule has 2 saturated heterocycles. The van der Waals surface area contributed by atoms with E-state index in [-0.39, 0.29) is 42.2 Å². The lowest BCUT2D eigenvalue weighted by molar-refractivity contribution is 0.00687. The standard InChI is InChI=1S/C37H55ClN4O7Si2/c1-37(2,3)51(7,8)49-30-21-47-32-29(20-46-33(30)32)48-35-40-28-19-27(38)31(41-34(28)42(35)22-45-17-18-50(4,5)6)25-11-9-23(10-12-25)24-13-15-26(16-14-24)39-36(43)44/h9-12,19,24,26,29-30,32-33,39H,13-18,20-22H2,1-8H3,(H,43,44)/t24-,26+,29-,30-,32-,33-/m1/s1. The van der Waals surface area contributed by atoms with E-state index in [4.69, 9.17) is 50.0 Å². The first kappa shape index (κ1) is 38.2. The van der Waals surface area contributed by atoms with Crippen LogP contribution < -0.4 is 10.1 Å². The fraction of sp³-hybridized carbons (Fsp3) is 0.649. The van der Waals surface area contributed by atoms with E-state index in [1.165, 1.54) is 5.56 Å². The number of aromatic nitrogens is 3. The Hall–Kier alpha value is -2.53. The van der Waals surface area contributed by atoms with Crippen molar-refractivity contribution in [2.24, 2.45) is 0 Å². The van der Waals surface area contributed by atoms with Crippen molar-refractivity contribution in [2.75, 3.05) is 19.8 Å². The van der Waals surface area contributed by atoms with Gasteiger partial charge in [0.2, 0.25) is 0 Å². The average molecular weight is 759 g/mol. The van der Waals surface area contributed by atoms with Crippen molar-refractivity contribution in [3.05, 3.63) is 40.9 Å². The maximum Gasteiger partial charge on any atom is 0.404 e. The van der Waals surface area contributed by atoms with Crippen molar-refractivity contribution in [1.82, 2.24) is 19.9 Å². The van der Waals surface area contributed by atoms with Gasteiger partial charge in [-0.15, -0.1) is 0 Å². The number of amides is 1. The molecule has 3 fully saturated rings. The van der Waals surface area contributed by atoms with Gasteiger partial charge in [-0.2, -0.15) is 4.98 Å². The van der Waals surface area contributed by atoms with Gasteiger partial charge in [0.15, 0.2) is 20.1 Å². The van der Waals surface area contributed by atoms with Crippen LogP contribution >= 0.6 is 11.6 Å². The van der Waals surface area contributed by atoms with Crippen LogP contribution in [0.2, 0.25) is 48.8 Å². The van der Waals surface area contributed by atoms with Gasteiger partial charge in [0.25, 0.3) is 0 Å². The molecule has 1 aromatic carbocycles. The third-order valence-corrected chi connectivity index (χ3v) is 17.5. The summed E-state index contributed by atoms with van der Waals surface area (Å²) in [5.74, 6) is 0.392. The Balaban J connectivity index is 1.22. The number of ether oxygens (including phenoxy) is 4. The summed E-state index contributed by atoms with van der Waals surface area (Å²) < 4.78 is 34.0. The number of fused-ring (bicyclic) bond motifs is 2. The molecule has 0 bridgehead atoms. The Labute approximate surface area is 308 Å². The Morgan fingerprint density at radius 1 is 1.00 bits per heavy atom. The summed E-state index contributed by atoms with van der Waals surface area (Å²) in [6, 6.07) is 11.7. The Morgan fingerprint density at radius 3 is 2.27 bits per heavy atom. The van der Waals surface area contributed by atoms with Crippen LogP contribution in [0.15, 0.2) is 30.3 Å². The highest BCUT2D eigenvalue weighted by atomic mass is 35.5. The zero-order valence-corrected chi connectivity index (χ0v) is 34.1. The van der Waals surface area contributed by atoms with Gasteiger partial charge in [-0.05, 0) is 67.4 Å². The molecule has 4 heterocycles. The van der Waals surface area contributed by atoms with E-state index in [1.807, 2.05) is 10.6 Å². The lowest BCUT2D eigenvalue weighted by atomic mass is 9.81. The van der Waals surface area contributed by atoms with E-state index in [0.717, 1.165) is 37.3 Å². The topological polar surface area (TPSA) is 126 Å². The minimum Gasteiger partial charge on any atom is -0.465 e. The summed E-state index contributed by atoms with van der Waals surface area (Å²) in [4.78, 5) is 21.0. The summed E-state index contributed by atoms with van der Waals surface area (Å²) in [6.45, 7) is 19.9. The molecule has 2 N–H and O–H groups in total. The molecule has 2 aromatic heterocycles. The van der Waals surface area contributed by atoms with Crippen LogP contribution in [0.1, 0.15) is 57.9 Å². The molecule has 280 valence electrons. The van der Waals surface area contributed by atoms with Gasteiger partial charge in [0.05, 0.1) is 30.0 Å². The van der Waals surface area contributed by atoms with Crippen LogP contribution in [-0.4, -0.2) is 92.4 Å². The van der Waals surface area contributed by atoms with Gasteiger partial charge in [-0.25, -0.2) is 9.78 Å². The number of hydrogen-bond acceptors (Lipinski definition) is 8. The molecule has 0 unspecified atom stereocenters. The minimum absolute atomic E-state index is 0.0255. The van der Waals surface area contributed by atoms with Crippen LogP contribution in [0.4, 0.5) is 4.79 Å². The maximum absolute atomic E-state index is 11.1. The maximum atomic E-state index is 11.1. The van der Waals surface area contributed by atoms with Crippen LogP contribution in [0.25, 0.3) is 22.4 Å². The van der Waals surface area contributed by atoms with Crippen molar-refractivity contribution < 1.29 is 33.3 Å². The van der Waals surface area contributed by atoms with E-state index < -0.39 is 22.5 Å². The van der Waals surface area contributed by atoms with E-state index >= 15 is 0 Å². The number of benzene rings is 1. The fourth-order valence-electron chi connectivity index (χ4n) is 6.93. The van der Waals surface area contributed by atoms with Crippen molar-refractivity contribution in [3.63, 3.8) is 0 Å². The Bertz CT molecular complexity index is 1680. The molecule has 14 heteroatoms. The van der Waals surface area contributed by atoms with Crippen molar-refractivity contribution in [1.29, 1.82) is 0 Å². The summed E-state index contributed by atoms with van der Waals surface area (Å²) >= 11 is 6.88. The van der Waals surface area contributed by atoms with Crippen LogP contribution in [-0.2, 0) is 25.4 Å². The second-order valence-electron chi connectivity index (χ2n) is 17.1. The number of halogens is 1. The number of nitrogens with zero attached hydrogens (tertiary/aromatic N) is 3. The number of nitrogens with one attached hydrogen (secondary N) is 1. The molecule has 1 aliphatic carbocycles. The van der Waals surface area contributed by atoms with Crippen LogP contribution in [0.5, 0.6) is 6.01 Å². The first-order valence-electron chi connectivity index (χ1n) is 18.3. The Kier molecular flexibility index (Phi) is 11.3. The molecule has 3 aromatic rings. The molecule has 51 heavy (non-hydrogen) atoms. The van der Waals surface area contributed by atoms with Gasteiger partial charge in [-0.3, -0.25) is 4.57 Å². The summed E-state index contributed by atoms with van der Waals surface area (Å²) in [7, 11) is -3.32. The molecule has 0 radical (unpaired) electrons. The average Bonchev–Trinajstić information content (AvgIpc) is 3.72. The predicted molar refractivity (Wildman–Crippen MR) is 204 cm³/mol. The lowest BCUT2D eigenvalue weighted by Crippen LogP contribution is -2.47. The van der Waals surface area contributed by atoms with Crippen molar-refractivity contribution in [3.8, 4) is 17.3 Å². The van der Waals surface area contributed by atoms with Crippen LogP contribution in [0.3, 0.4) is 0 Å². The zero-order chi connectivity index (χ0) is 36.7. The van der Waals surface area contributed by atoms with Gasteiger partial charge in [0, 0.05) is 26.3 Å². The third kappa shape index (κ3) is 8.82. The van der Waals surface area contributed by atoms with Gasteiger partial charge >= 0.3 is 12.1 Å². The monoisotopic (exact) mass is 758 g/mol. The fourth-order valence-corrected chi connectivity index (χ4v) is 9.25. The van der Waals surface area contributed by atoms with Gasteiger partial charge in [-0.1, -0.05) is 76.3 Å². The molecule has 11 nitrogen and oxygen atoms in total. The number of rotatable bonds is 12. The predicted octanol–water partition coefficient (Wildman–Crippen LogP) is 8.29. The minimum atomic E-state index is -2.02. The molecule has 4 atom stereocenters. The normalized spacial score (nSPS) is 25.7. The first-order valence-corrected chi connectivity index (χ1v) is 25.3. The molecular weight excluding hydrogens is 704 g/mol. The molecule has 0 spiro atoms. The SMILES string of the molecule is CC(C)(C)[Si](C)(C)O[C@@H]1CO[C@H]2[C@@H]1OC[C@H]2Oc1nc2cc(Cl)c(-c3ccc([C@H]4CC[C@@H](NC(=O)O)CC4)cc3)nc2n1COCC[Si](C)(C)C. The second kappa shape index (κ2) is 15.1. The highest BCUT2D eigenvalue weighted by Crippen LogP contribution is 2.41. The van der Waals surface area contributed by atoms with Crippen LogP contribution in [0, 0.1) is 0 Å². The smallest absolute Gasteiger partial charge is 0.404 e. The first-order chi connectivity index (χ1) is 24.0.